The molecule has 0 aliphatic heterocycles. The van der Waals surface area contributed by atoms with Gasteiger partial charge in [0, 0.05) is 6.42 Å². The number of hydrogen-bond acceptors (Lipinski definition) is 3. The molecule has 27 heavy (non-hydrogen) atoms. The molecule has 2 aromatic carbocycles. The number of carboxylic acid groups (broad SMARTS) is 1. The van der Waals surface area contributed by atoms with Crippen LogP contribution in [0.3, 0.4) is 0 Å². The van der Waals surface area contributed by atoms with Gasteiger partial charge in [-0.25, -0.2) is 9.18 Å². The van der Waals surface area contributed by atoms with Crippen LogP contribution in [0.2, 0.25) is 0 Å². The van der Waals surface area contributed by atoms with Gasteiger partial charge in [0.1, 0.15) is 11.9 Å². The Morgan fingerprint density at radius 3 is 2.22 bits per heavy atom. The van der Waals surface area contributed by atoms with Crippen LogP contribution in [0.1, 0.15) is 22.8 Å². The normalized spacial score (nSPS) is 13.7. The molecule has 3 N–H and O–H groups in total. The second-order valence-electron chi connectivity index (χ2n) is 5.76. The minimum absolute atomic E-state index is 0.129. The highest BCUT2D eigenvalue weighted by molar-refractivity contribution is 5.87. The molecule has 0 bridgehead atoms. The van der Waals surface area contributed by atoms with Crippen LogP contribution in [-0.2, 0) is 22.2 Å². The zero-order valence-corrected chi connectivity index (χ0v) is 13.7. The van der Waals surface area contributed by atoms with Crippen molar-refractivity contribution in [1.29, 1.82) is 0 Å². The van der Waals surface area contributed by atoms with E-state index >= 15 is 0 Å². The van der Waals surface area contributed by atoms with Gasteiger partial charge in [0.15, 0.2) is 6.10 Å². The quantitative estimate of drug-likeness (QED) is 0.668. The molecule has 2 rings (SSSR count). The molecule has 0 saturated heterocycles. The Kier molecular flexibility index (Phi) is 6.17. The van der Waals surface area contributed by atoms with Gasteiger partial charge in [-0.15, -0.1) is 0 Å². The summed E-state index contributed by atoms with van der Waals surface area (Å²) >= 11 is 0. The lowest BCUT2D eigenvalue weighted by Gasteiger charge is -2.18. The first-order valence-electron chi connectivity index (χ1n) is 7.71. The Bertz CT molecular complexity index is 821. The van der Waals surface area contributed by atoms with Crippen molar-refractivity contribution in [3.05, 3.63) is 71.0 Å². The Morgan fingerprint density at radius 2 is 1.70 bits per heavy atom. The van der Waals surface area contributed by atoms with Crippen molar-refractivity contribution in [3.8, 4) is 0 Å². The van der Waals surface area contributed by atoms with E-state index in [4.69, 9.17) is 0 Å². The molecular weight excluding hydrogens is 370 g/mol. The minimum atomic E-state index is -4.56. The van der Waals surface area contributed by atoms with Crippen molar-refractivity contribution in [2.45, 2.75) is 24.7 Å². The number of halogens is 4. The van der Waals surface area contributed by atoms with Crippen molar-refractivity contribution in [3.63, 3.8) is 0 Å². The summed E-state index contributed by atoms with van der Waals surface area (Å²) in [6, 6.07) is 6.93. The lowest BCUT2D eigenvalue weighted by molar-refractivity contribution is -0.143. The fraction of sp³-hybridized carbons (Fsp3) is 0.222. The number of rotatable bonds is 6. The van der Waals surface area contributed by atoms with Gasteiger partial charge in [-0.3, -0.25) is 4.79 Å². The molecule has 1 amide bonds. The fourth-order valence-electron chi connectivity index (χ4n) is 2.36. The molecule has 144 valence electrons. The van der Waals surface area contributed by atoms with Gasteiger partial charge in [0.2, 0.25) is 0 Å². The van der Waals surface area contributed by atoms with Crippen LogP contribution in [0.4, 0.5) is 17.6 Å². The van der Waals surface area contributed by atoms with E-state index in [-0.39, 0.29) is 12.0 Å². The Labute approximate surface area is 151 Å². The number of alkyl halides is 3. The zero-order chi connectivity index (χ0) is 20.2. The van der Waals surface area contributed by atoms with Crippen molar-refractivity contribution in [2.75, 3.05) is 0 Å². The summed E-state index contributed by atoms with van der Waals surface area (Å²) in [6.45, 7) is 0. The van der Waals surface area contributed by atoms with Crippen molar-refractivity contribution >= 4 is 11.9 Å². The fourth-order valence-corrected chi connectivity index (χ4v) is 2.36. The number of aliphatic hydroxyl groups is 1. The van der Waals surface area contributed by atoms with Crippen LogP contribution in [0.15, 0.2) is 48.5 Å². The zero-order valence-electron chi connectivity index (χ0n) is 13.7. The highest BCUT2D eigenvalue weighted by Crippen LogP contribution is 2.30. The molecule has 2 aromatic rings. The molecular formula is C18H15F4NO4. The van der Waals surface area contributed by atoms with E-state index in [0.29, 0.717) is 17.7 Å². The Morgan fingerprint density at radius 1 is 1.07 bits per heavy atom. The van der Waals surface area contributed by atoms with E-state index in [1.54, 1.807) is 0 Å². The number of hydrogen-bond donors (Lipinski definition) is 3. The van der Waals surface area contributed by atoms with Gasteiger partial charge < -0.3 is 15.5 Å². The van der Waals surface area contributed by atoms with E-state index < -0.39 is 41.6 Å². The maximum Gasteiger partial charge on any atom is 0.416 e. The predicted molar refractivity (Wildman–Crippen MR) is 86.1 cm³/mol. The summed E-state index contributed by atoms with van der Waals surface area (Å²) < 4.78 is 50.8. The molecule has 0 radical (unpaired) electrons. The van der Waals surface area contributed by atoms with E-state index in [9.17, 15) is 37.4 Å². The monoisotopic (exact) mass is 385 g/mol. The molecule has 2 atom stereocenters. The van der Waals surface area contributed by atoms with Crippen LogP contribution in [0.25, 0.3) is 0 Å². The van der Waals surface area contributed by atoms with Crippen molar-refractivity contribution in [1.82, 2.24) is 5.32 Å². The number of amides is 1. The third kappa shape index (κ3) is 5.52. The van der Waals surface area contributed by atoms with E-state index in [2.05, 4.69) is 5.32 Å². The number of aliphatic carboxylic acids is 1. The molecule has 0 aliphatic carbocycles. The van der Waals surface area contributed by atoms with Gasteiger partial charge >= 0.3 is 12.1 Å². The highest BCUT2D eigenvalue weighted by atomic mass is 19.4. The summed E-state index contributed by atoms with van der Waals surface area (Å²) in [5.74, 6) is -3.08. The number of aliphatic hydroxyl groups excluding tert-OH is 1. The maximum absolute atomic E-state index is 13.2. The number of carbonyl (C=O) groups is 2. The van der Waals surface area contributed by atoms with Crippen LogP contribution in [0.5, 0.6) is 0 Å². The van der Waals surface area contributed by atoms with Crippen LogP contribution >= 0.6 is 0 Å². The second kappa shape index (κ2) is 8.17. The molecule has 0 spiro atoms. The SMILES string of the molecule is O=C(O)[C@H](Cc1cccc(F)c1)NC(=O)[C@H](O)c1ccc(C(F)(F)F)cc1. The van der Waals surface area contributed by atoms with E-state index in [1.165, 1.54) is 18.2 Å². The minimum Gasteiger partial charge on any atom is -0.480 e. The molecule has 0 saturated carbocycles. The third-order valence-electron chi connectivity index (χ3n) is 3.75. The first-order chi connectivity index (χ1) is 12.6. The molecule has 0 unspecified atom stereocenters. The highest BCUT2D eigenvalue weighted by Gasteiger charge is 2.31. The first kappa shape index (κ1) is 20.4. The first-order valence-corrected chi connectivity index (χ1v) is 7.71. The largest absolute Gasteiger partial charge is 0.480 e. The average Bonchev–Trinajstić information content (AvgIpc) is 2.59. The standard InChI is InChI=1S/C18H15F4NO4/c19-13-3-1-2-10(8-13)9-14(17(26)27)23-16(25)15(24)11-4-6-12(7-5-11)18(20,21)22/h1-8,14-15,24H,9H2,(H,23,25)(H,26,27)/t14-,15+/m0/s1. The lowest BCUT2D eigenvalue weighted by atomic mass is 10.0. The maximum atomic E-state index is 13.2. The lowest BCUT2D eigenvalue weighted by Crippen LogP contribution is -2.44. The molecule has 0 heterocycles. The molecule has 0 fully saturated rings. The Hall–Kier alpha value is -2.94. The van der Waals surface area contributed by atoms with Crippen molar-refractivity contribution in [2.24, 2.45) is 0 Å². The summed E-state index contributed by atoms with van der Waals surface area (Å²) in [5, 5.41) is 21.3. The number of carboxylic acids is 1. The molecule has 5 nitrogen and oxygen atoms in total. The topological polar surface area (TPSA) is 86.6 Å². The van der Waals surface area contributed by atoms with Gasteiger partial charge in [-0.1, -0.05) is 24.3 Å². The number of nitrogens with one attached hydrogen (secondary N) is 1. The summed E-state index contributed by atoms with van der Waals surface area (Å²) in [7, 11) is 0. The second-order valence-corrected chi connectivity index (χ2v) is 5.76. The summed E-state index contributed by atoms with van der Waals surface area (Å²) in [5.41, 5.74) is -0.768. The number of carbonyl (C=O) groups excluding carboxylic acids is 1. The average molecular weight is 385 g/mol. The summed E-state index contributed by atoms with van der Waals surface area (Å²) in [4.78, 5) is 23.4. The number of benzene rings is 2. The van der Waals surface area contributed by atoms with E-state index in [1.807, 2.05) is 0 Å². The molecule has 0 aliphatic rings. The van der Waals surface area contributed by atoms with Gasteiger partial charge in [0.25, 0.3) is 5.91 Å². The summed E-state index contributed by atoms with van der Waals surface area (Å²) in [6.07, 6.45) is -6.66. The van der Waals surface area contributed by atoms with Crippen LogP contribution in [0, 0.1) is 5.82 Å². The van der Waals surface area contributed by atoms with Crippen molar-refractivity contribution < 1.29 is 37.4 Å². The van der Waals surface area contributed by atoms with E-state index in [0.717, 1.165) is 18.2 Å². The molecule has 9 heteroatoms. The van der Waals surface area contributed by atoms with Crippen LogP contribution in [-0.4, -0.2) is 28.1 Å². The molecule has 0 aromatic heterocycles. The van der Waals surface area contributed by atoms with Crippen LogP contribution < -0.4 is 5.32 Å². The van der Waals surface area contributed by atoms with Gasteiger partial charge in [-0.2, -0.15) is 13.2 Å². The Balaban J connectivity index is 2.09. The third-order valence-corrected chi connectivity index (χ3v) is 3.75. The van der Waals surface area contributed by atoms with Gasteiger partial charge in [0.05, 0.1) is 5.56 Å². The predicted octanol–water partition coefficient (Wildman–Crippen LogP) is 2.69. The van der Waals surface area contributed by atoms with Gasteiger partial charge in [-0.05, 0) is 35.4 Å². The smallest absolute Gasteiger partial charge is 0.416 e.